The number of nitrogens with zero attached hydrogens (tertiary/aromatic N) is 2. The van der Waals surface area contributed by atoms with Crippen molar-refractivity contribution in [2.24, 2.45) is 0 Å². The van der Waals surface area contributed by atoms with E-state index in [0.717, 1.165) is 4.90 Å². The lowest BCUT2D eigenvalue weighted by Gasteiger charge is -2.14. The first-order valence-electron chi connectivity index (χ1n) is 8.55. The highest BCUT2D eigenvalue weighted by Crippen LogP contribution is 2.31. The molecule has 0 aliphatic carbocycles. The van der Waals surface area contributed by atoms with Crippen molar-refractivity contribution in [3.63, 3.8) is 0 Å². The number of carbonyl (C=O) groups is 2. The summed E-state index contributed by atoms with van der Waals surface area (Å²) in [6.07, 6.45) is 0.431. The van der Waals surface area contributed by atoms with E-state index in [1.807, 2.05) is 0 Å². The Hall–Kier alpha value is -3.68. The summed E-state index contributed by atoms with van der Waals surface area (Å²) in [4.78, 5) is 41.7. The van der Waals surface area contributed by atoms with Crippen LogP contribution in [0.2, 0.25) is 0 Å². The number of benzene rings is 2. The highest BCUT2D eigenvalue weighted by atomic mass is 16.5. The summed E-state index contributed by atoms with van der Waals surface area (Å²) >= 11 is 0. The minimum atomic E-state index is -0.560. The van der Waals surface area contributed by atoms with Crippen molar-refractivity contribution in [3.05, 3.63) is 46.8 Å². The number of imide groups is 1. The molecule has 1 aliphatic rings. The van der Waals surface area contributed by atoms with Gasteiger partial charge in [0.15, 0.2) is 11.5 Å². The van der Waals surface area contributed by atoms with Crippen LogP contribution in [0, 0.1) is 0 Å². The summed E-state index contributed by atoms with van der Waals surface area (Å²) in [7, 11) is 2.97. The van der Waals surface area contributed by atoms with Gasteiger partial charge in [0.25, 0.3) is 0 Å². The van der Waals surface area contributed by atoms with Gasteiger partial charge in [0.05, 0.1) is 30.8 Å². The maximum Gasteiger partial charge on any atom is 0.347 e. The quantitative estimate of drug-likeness (QED) is 0.641. The molecule has 4 rings (SSSR count). The average Bonchev–Trinajstić information content (AvgIpc) is 3.05. The molecule has 8 heteroatoms. The highest BCUT2D eigenvalue weighted by Gasteiger charge is 2.30. The van der Waals surface area contributed by atoms with Gasteiger partial charge in [-0.2, -0.15) is 0 Å². The molecule has 2 aromatic carbocycles. The summed E-state index contributed by atoms with van der Waals surface area (Å²) < 4.78 is 15.8. The largest absolute Gasteiger partial charge is 0.493 e. The zero-order valence-corrected chi connectivity index (χ0v) is 15.2. The Morgan fingerprint density at radius 1 is 0.929 bits per heavy atom. The predicted octanol–water partition coefficient (Wildman–Crippen LogP) is 2.53. The standard InChI is InChI=1S/C20H16N2O6/c1-26-15-9-13-14(10-16(15)27-2)21-19(28-20(13)25)11-3-5-12(6-4-11)22-17(23)7-8-18(22)24/h3-6,9-10H,7-8H2,1-2H3. The Morgan fingerprint density at radius 3 is 2.14 bits per heavy atom. The number of hydrogen-bond donors (Lipinski definition) is 0. The zero-order chi connectivity index (χ0) is 19.8. The SMILES string of the molecule is COc1cc2nc(-c3ccc(N4C(=O)CCC4=O)cc3)oc(=O)c2cc1OC. The fraction of sp³-hybridized carbons (Fsp3) is 0.200. The van der Waals surface area contributed by atoms with E-state index in [0.29, 0.717) is 28.3 Å². The molecule has 0 unspecified atom stereocenters. The van der Waals surface area contributed by atoms with E-state index in [2.05, 4.69) is 4.98 Å². The van der Waals surface area contributed by atoms with Crippen LogP contribution < -0.4 is 20.0 Å². The fourth-order valence-electron chi connectivity index (χ4n) is 3.14. The van der Waals surface area contributed by atoms with Crippen molar-refractivity contribution in [2.45, 2.75) is 12.8 Å². The summed E-state index contributed by atoms with van der Waals surface area (Å²) in [5, 5.41) is 0.270. The van der Waals surface area contributed by atoms with Crippen LogP contribution in [-0.2, 0) is 9.59 Å². The molecule has 0 spiro atoms. The van der Waals surface area contributed by atoms with E-state index in [9.17, 15) is 14.4 Å². The molecule has 3 aromatic rings. The highest BCUT2D eigenvalue weighted by molar-refractivity contribution is 6.19. The molecule has 28 heavy (non-hydrogen) atoms. The Balaban J connectivity index is 1.76. The normalized spacial score (nSPS) is 14.0. The lowest BCUT2D eigenvalue weighted by atomic mass is 10.1. The van der Waals surface area contributed by atoms with Gasteiger partial charge in [-0.05, 0) is 24.3 Å². The monoisotopic (exact) mass is 380 g/mol. The Kier molecular flexibility index (Phi) is 4.31. The van der Waals surface area contributed by atoms with Gasteiger partial charge in [-0.1, -0.05) is 0 Å². The van der Waals surface area contributed by atoms with Crippen molar-refractivity contribution >= 4 is 28.4 Å². The van der Waals surface area contributed by atoms with E-state index in [4.69, 9.17) is 13.9 Å². The smallest absolute Gasteiger partial charge is 0.347 e. The van der Waals surface area contributed by atoms with Gasteiger partial charge in [0.1, 0.15) is 0 Å². The van der Waals surface area contributed by atoms with Gasteiger partial charge in [0.2, 0.25) is 17.7 Å². The number of hydrogen-bond acceptors (Lipinski definition) is 7. The Morgan fingerprint density at radius 2 is 1.54 bits per heavy atom. The molecule has 8 nitrogen and oxygen atoms in total. The van der Waals surface area contributed by atoms with Crippen molar-refractivity contribution in [1.82, 2.24) is 4.98 Å². The molecule has 1 aromatic heterocycles. The summed E-state index contributed by atoms with van der Waals surface area (Å²) in [5.41, 5.74) is 0.857. The Labute approximate surface area is 159 Å². The van der Waals surface area contributed by atoms with Gasteiger partial charge in [-0.25, -0.2) is 9.78 Å². The van der Waals surface area contributed by atoms with Crippen molar-refractivity contribution in [2.75, 3.05) is 19.1 Å². The van der Waals surface area contributed by atoms with Crippen molar-refractivity contribution in [1.29, 1.82) is 0 Å². The number of fused-ring (bicyclic) bond motifs is 1. The molecule has 0 N–H and O–H groups in total. The van der Waals surface area contributed by atoms with Crippen LogP contribution in [0.4, 0.5) is 5.69 Å². The fourth-order valence-corrected chi connectivity index (χ4v) is 3.14. The third-order valence-corrected chi connectivity index (χ3v) is 4.56. The van der Waals surface area contributed by atoms with E-state index in [-0.39, 0.29) is 35.9 Å². The van der Waals surface area contributed by atoms with E-state index in [1.165, 1.54) is 20.3 Å². The molecular weight excluding hydrogens is 364 g/mol. The number of carbonyl (C=O) groups excluding carboxylic acids is 2. The van der Waals surface area contributed by atoms with Crippen LogP contribution in [-0.4, -0.2) is 31.0 Å². The molecule has 1 saturated heterocycles. The maximum absolute atomic E-state index is 12.4. The third-order valence-electron chi connectivity index (χ3n) is 4.56. The van der Waals surface area contributed by atoms with Gasteiger partial charge in [-0.15, -0.1) is 0 Å². The molecule has 0 bridgehead atoms. The summed E-state index contributed by atoms with van der Waals surface area (Å²) in [6.45, 7) is 0. The number of rotatable bonds is 4. The van der Waals surface area contributed by atoms with Crippen LogP contribution >= 0.6 is 0 Å². The zero-order valence-electron chi connectivity index (χ0n) is 15.2. The number of aromatic nitrogens is 1. The number of amides is 2. The van der Waals surface area contributed by atoms with Gasteiger partial charge in [-0.3, -0.25) is 14.5 Å². The van der Waals surface area contributed by atoms with Crippen molar-refractivity contribution < 1.29 is 23.5 Å². The first-order valence-corrected chi connectivity index (χ1v) is 8.55. The topological polar surface area (TPSA) is 98.9 Å². The molecule has 2 heterocycles. The minimum Gasteiger partial charge on any atom is -0.493 e. The van der Waals surface area contributed by atoms with Gasteiger partial charge < -0.3 is 13.9 Å². The van der Waals surface area contributed by atoms with Gasteiger partial charge >= 0.3 is 5.63 Å². The summed E-state index contributed by atoms with van der Waals surface area (Å²) in [6, 6.07) is 9.65. The second-order valence-electron chi connectivity index (χ2n) is 6.20. The molecule has 0 atom stereocenters. The molecule has 0 radical (unpaired) electrons. The van der Waals surface area contributed by atoms with Crippen LogP contribution in [0.1, 0.15) is 12.8 Å². The molecule has 1 aliphatic heterocycles. The number of methoxy groups -OCH3 is 2. The molecule has 0 saturated carbocycles. The lowest BCUT2D eigenvalue weighted by molar-refractivity contribution is -0.121. The van der Waals surface area contributed by atoms with Crippen LogP contribution in [0.5, 0.6) is 11.5 Å². The first-order chi connectivity index (χ1) is 13.5. The van der Waals surface area contributed by atoms with E-state index < -0.39 is 5.63 Å². The van der Waals surface area contributed by atoms with Crippen LogP contribution in [0.3, 0.4) is 0 Å². The molecular formula is C20H16N2O6. The second-order valence-corrected chi connectivity index (χ2v) is 6.20. The second kappa shape index (κ2) is 6.80. The molecule has 1 fully saturated rings. The molecule has 142 valence electrons. The van der Waals surface area contributed by atoms with Crippen molar-refractivity contribution in [3.8, 4) is 23.0 Å². The Bertz CT molecular complexity index is 1130. The number of anilines is 1. The van der Waals surface area contributed by atoms with Crippen LogP contribution in [0.25, 0.3) is 22.4 Å². The van der Waals surface area contributed by atoms with E-state index in [1.54, 1.807) is 30.3 Å². The van der Waals surface area contributed by atoms with E-state index >= 15 is 0 Å². The maximum atomic E-state index is 12.4. The molecule has 2 amide bonds. The number of ether oxygens (including phenoxy) is 2. The predicted molar refractivity (Wildman–Crippen MR) is 101 cm³/mol. The van der Waals surface area contributed by atoms with Crippen LogP contribution in [0.15, 0.2) is 45.6 Å². The van der Waals surface area contributed by atoms with Gasteiger partial charge in [0, 0.05) is 30.5 Å². The average molecular weight is 380 g/mol. The summed E-state index contributed by atoms with van der Waals surface area (Å²) in [5.74, 6) is 0.514. The lowest BCUT2D eigenvalue weighted by Crippen LogP contribution is -2.28. The minimum absolute atomic E-state index is 0.121. The third kappa shape index (κ3) is 2.88. The first kappa shape index (κ1) is 17.7.